The van der Waals surface area contributed by atoms with Crippen LogP contribution < -0.4 is 19.5 Å². The van der Waals surface area contributed by atoms with Crippen molar-refractivity contribution >= 4 is 52.2 Å². The van der Waals surface area contributed by atoms with Crippen LogP contribution in [0.4, 0.5) is 5.69 Å². The molecule has 178 valence electrons. The van der Waals surface area contributed by atoms with Gasteiger partial charge in [-0.2, -0.15) is 0 Å². The van der Waals surface area contributed by atoms with Crippen LogP contribution in [0, 0.1) is 6.92 Å². The summed E-state index contributed by atoms with van der Waals surface area (Å²) in [4.78, 5) is 30.0. The van der Waals surface area contributed by atoms with Crippen molar-refractivity contribution in [1.82, 2.24) is 5.32 Å². The number of amidine groups is 1. The van der Waals surface area contributed by atoms with Gasteiger partial charge >= 0.3 is 5.97 Å². The highest BCUT2D eigenvalue weighted by atomic mass is 35.5. The molecule has 1 saturated heterocycles. The van der Waals surface area contributed by atoms with Crippen molar-refractivity contribution in [1.29, 1.82) is 0 Å². The van der Waals surface area contributed by atoms with Crippen molar-refractivity contribution in [3.63, 3.8) is 0 Å². The summed E-state index contributed by atoms with van der Waals surface area (Å²) in [6.07, 6.45) is 1.67. The van der Waals surface area contributed by atoms with Crippen LogP contribution in [0.2, 0.25) is 5.02 Å². The molecule has 0 saturated carbocycles. The Hall–Kier alpha value is -3.75. The smallest absolute Gasteiger partial charge is 0.343 e. The summed E-state index contributed by atoms with van der Waals surface area (Å²) in [5.41, 5.74) is 2.80. The third-order valence-corrected chi connectivity index (χ3v) is 6.18. The number of hydrogen-bond donors (Lipinski definition) is 1. The number of aliphatic imine (C=N–C) groups is 1. The Balaban J connectivity index is 1.55. The molecule has 7 nitrogen and oxygen atoms in total. The normalized spacial score (nSPS) is 15.3. The maximum atomic E-state index is 12.6. The van der Waals surface area contributed by atoms with Crippen LogP contribution in [0.15, 0.2) is 70.6 Å². The number of halogens is 1. The first-order chi connectivity index (χ1) is 16.9. The summed E-state index contributed by atoms with van der Waals surface area (Å²) in [7, 11) is 2.98. The summed E-state index contributed by atoms with van der Waals surface area (Å²) in [5, 5.41) is 3.40. The Bertz CT molecular complexity index is 1340. The van der Waals surface area contributed by atoms with E-state index in [1.165, 1.54) is 18.9 Å². The molecule has 1 N–H and O–H groups in total. The molecular weight excluding hydrogens is 488 g/mol. The van der Waals surface area contributed by atoms with Crippen LogP contribution in [0.3, 0.4) is 0 Å². The maximum absolute atomic E-state index is 12.6. The van der Waals surface area contributed by atoms with Crippen LogP contribution in [-0.4, -0.2) is 31.3 Å². The van der Waals surface area contributed by atoms with Crippen molar-refractivity contribution < 1.29 is 23.8 Å². The zero-order valence-corrected chi connectivity index (χ0v) is 20.7. The highest BCUT2D eigenvalue weighted by Crippen LogP contribution is 2.38. The number of benzene rings is 3. The third-order valence-electron chi connectivity index (χ3n) is 4.99. The summed E-state index contributed by atoms with van der Waals surface area (Å²) in [6, 6.07) is 17.4. The topological polar surface area (TPSA) is 86.2 Å². The van der Waals surface area contributed by atoms with E-state index in [2.05, 4.69) is 10.3 Å². The van der Waals surface area contributed by atoms with Crippen molar-refractivity contribution in [2.75, 3.05) is 14.2 Å². The number of rotatable bonds is 6. The highest BCUT2D eigenvalue weighted by Gasteiger charge is 2.24. The van der Waals surface area contributed by atoms with Gasteiger partial charge in [-0.1, -0.05) is 29.3 Å². The second-order valence-corrected chi connectivity index (χ2v) is 8.91. The second-order valence-electron chi connectivity index (χ2n) is 7.47. The minimum Gasteiger partial charge on any atom is -0.497 e. The third kappa shape index (κ3) is 5.85. The molecule has 4 rings (SSSR count). The number of esters is 1. The number of hydrogen-bond acceptors (Lipinski definition) is 7. The first-order valence-corrected chi connectivity index (χ1v) is 11.7. The van der Waals surface area contributed by atoms with E-state index in [1.807, 2.05) is 31.2 Å². The fourth-order valence-electron chi connectivity index (χ4n) is 3.17. The van der Waals surface area contributed by atoms with Crippen LogP contribution in [0.5, 0.6) is 17.2 Å². The molecule has 0 spiro atoms. The Morgan fingerprint density at radius 3 is 2.40 bits per heavy atom. The molecular formula is C26H21ClN2O5S. The molecule has 3 aromatic carbocycles. The number of carbonyl (C=O) groups excluding carboxylic acids is 2. The standard InChI is InChI=1S/C26H21ClN2O5S/c1-15-4-8-18(9-5-15)28-26-29-24(30)22(35-26)14-16-12-20(27)23(21(13-16)33-3)34-25(31)17-6-10-19(32-2)11-7-17/h4-14H,1-3H3,(H,28,29,30)/b22-14-. The molecule has 0 aliphatic carbocycles. The average Bonchev–Trinajstić information content (AvgIpc) is 3.20. The fraction of sp³-hybridized carbons (Fsp3) is 0.115. The van der Waals surface area contributed by atoms with Gasteiger partial charge in [-0.05, 0) is 78.9 Å². The number of amides is 1. The van der Waals surface area contributed by atoms with Gasteiger partial charge < -0.3 is 19.5 Å². The van der Waals surface area contributed by atoms with Gasteiger partial charge in [0.25, 0.3) is 5.91 Å². The second kappa shape index (κ2) is 10.7. The number of carbonyl (C=O) groups is 2. The van der Waals surface area contributed by atoms with E-state index < -0.39 is 5.97 Å². The number of methoxy groups -OCH3 is 2. The summed E-state index contributed by atoms with van der Waals surface area (Å²) in [6.45, 7) is 1.99. The fourth-order valence-corrected chi connectivity index (χ4v) is 4.27. The lowest BCUT2D eigenvalue weighted by atomic mass is 10.1. The van der Waals surface area contributed by atoms with Crippen molar-refractivity contribution in [2.45, 2.75) is 6.92 Å². The number of ether oxygens (including phenoxy) is 3. The highest BCUT2D eigenvalue weighted by molar-refractivity contribution is 8.18. The number of nitrogens with one attached hydrogen (secondary N) is 1. The van der Waals surface area contributed by atoms with Gasteiger partial charge in [0.2, 0.25) is 0 Å². The molecule has 1 aliphatic rings. The lowest BCUT2D eigenvalue weighted by Gasteiger charge is -2.12. The van der Waals surface area contributed by atoms with Crippen molar-refractivity contribution in [2.24, 2.45) is 4.99 Å². The molecule has 0 atom stereocenters. The van der Waals surface area contributed by atoms with Gasteiger partial charge in [-0.15, -0.1) is 0 Å². The molecule has 0 bridgehead atoms. The predicted molar refractivity (Wildman–Crippen MR) is 138 cm³/mol. The number of nitrogens with zero attached hydrogens (tertiary/aromatic N) is 1. The van der Waals surface area contributed by atoms with Crippen molar-refractivity contribution in [3.8, 4) is 17.2 Å². The summed E-state index contributed by atoms with van der Waals surface area (Å²) < 4.78 is 16.0. The Labute approximate surface area is 211 Å². The molecule has 0 unspecified atom stereocenters. The molecule has 0 aromatic heterocycles. The van der Waals surface area contributed by atoms with Gasteiger partial charge in [0, 0.05) is 0 Å². The molecule has 9 heteroatoms. The Morgan fingerprint density at radius 2 is 1.74 bits per heavy atom. The number of aryl methyl sites for hydroxylation is 1. The SMILES string of the molecule is COc1ccc(C(=O)Oc2c(Cl)cc(/C=C3\SC(=Nc4ccc(C)cc4)NC3=O)cc2OC)cc1. The molecule has 1 amide bonds. The van der Waals surface area contributed by atoms with Crippen LogP contribution in [0.25, 0.3) is 6.08 Å². The zero-order valence-electron chi connectivity index (χ0n) is 19.1. The van der Waals surface area contributed by atoms with E-state index in [0.29, 0.717) is 26.9 Å². The van der Waals surface area contributed by atoms with Crippen LogP contribution in [-0.2, 0) is 4.79 Å². The molecule has 1 aliphatic heterocycles. The van der Waals surface area contributed by atoms with Gasteiger partial charge in [-0.25, -0.2) is 9.79 Å². The number of thioether (sulfide) groups is 1. The zero-order chi connectivity index (χ0) is 24.9. The quantitative estimate of drug-likeness (QED) is 0.258. The van der Waals surface area contributed by atoms with Gasteiger partial charge in [-0.3, -0.25) is 4.79 Å². The monoisotopic (exact) mass is 508 g/mol. The first kappa shape index (κ1) is 24.4. The minimum atomic E-state index is -0.596. The van der Waals surface area contributed by atoms with E-state index in [9.17, 15) is 9.59 Å². The van der Waals surface area contributed by atoms with Gasteiger partial charge in [0.1, 0.15) is 5.75 Å². The minimum absolute atomic E-state index is 0.0854. The molecule has 3 aromatic rings. The predicted octanol–water partition coefficient (Wildman–Crippen LogP) is 5.78. The van der Waals surface area contributed by atoms with E-state index in [0.717, 1.165) is 11.3 Å². The Kier molecular flexibility index (Phi) is 7.43. The lowest BCUT2D eigenvalue weighted by Crippen LogP contribution is -2.19. The molecule has 1 fully saturated rings. The molecule has 1 heterocycles. The maximum Gasteiger partial charge on any atom is 0.343 e. The van der Waals surface area contributed by atoms with E-state index in [4.69, 9.17) is 25.8 Å². The van der Waals surface area contributed by atoms with Crippen LogP contribution >= 0.6 is 23.4 Å². The van der Waals surface area contributed by atoms with E-state index >= 15 is 0 Å². The lowest BCUT2D eigenvalue weighted by molar-refractivity contribution is -0.115. The summed E-state index contributed by atoms with van der Waals surface area (Å²) >= 11 is 7.64. The summed E-state index contributed by atoms with van der Waals surface area (Å²) in [5.74, 6) is 0.0912. The Morgan fingerprint density at radius 1 is 1.03 bits per heavy atom. The molecule has 35 heavy (non-hydrogen) atoms. The average molecular weight is 509 g/mol. The van der Waals surface area contributed by atoms with Crippen LogP contribution in [0.1, 0.15) is 21.5 Å². The van der Waals surface area contributed by atoms with E-state index in [-0.39, 0.29) is 22.4 Å². The van der Waals surface area contributed by atoms with Crippen molar-refractivity contribution in [3.05, 3.63) is 87.3 Å². The van der Waals surface area contributed by atoms with E-state index in [1.54, 1.807) is 49.6 Å². The molecule has 0 radical (unpaired) electrons. The van der Waals surface area contributed by atoms with Gasteiger partial charge in [0.15, 0.2) is 16.7 Å². The largest absolute Gasteiger partial charge is 0.497 e. The first-order valence-electron chi connectivity index (χ1n) is 10.5. The van der Waals surface area contributed by atoms with Gasteiger partial charge in [0.05, 0.1) is 35.4 Å².